The maximum absolute atomic E-state index is 12.5. The molecule has 1 aromatic rings. The average Bonchev–Trinajstić information content (AvgIpc) is 2.78. The molecule has 10 atom stereocenters. The van der Waals surface area contributed by atoms with Crippen LogP contribution in [0.2, 0.25) is 0 Å². The quantitative estimate of drug-likeness (QED) is 0.213. The second kappa shape index (κ2) is 10.3. The zero-order chi connectivity index (χ0) is 22.7. The number of aliphatic hydroxyl groups excluding tert-OH is 7. The molecule has 174 valence electrons. The number of aliphatic hydroxyl groups is 7. The van der Waals surface area contributed by atoms with Gasteiger partial charge < -0.3 is 55.3 Å². The van der Waals surface area contributed by atoms with Gasteiger partial charge in [0, 0.05) is 5.56 Å². The van der Waals surface area contributed by atoms with Crippen LogP contribution in [0.15, 0.2) is 30.3 Å². The predicted octanol–water partition coefficient (Wildman–Crippen LogP) is -3.96. The highest BCUT2D eigenvalue weighted by Gasteiger charge is 2.50. The minimum absolute atomic E-state index is 0.264. The molecule has 12 heteroatoms. The highest BCUT2D eigenvalue weighted by molar-refractivity contribution is 5.94. The van der Waals surface area contributed by atoms with Crippen molar-refractivity contribution in [2.75, 3.05) is 13.2 Å². The first-order chi connectivity index (χ1) is 14.8. The molecule has 1 amide bonds. The van der Waals surface area contributed by atoms with Gasteiger partial charge in [-0.05, 0) is 12.1 Å². The zero-order valence-electron chi connectivity index (χ0n) is 16.3. The van der Waals surface area contributed by atoms with Gasteiger partial charge in [-0.1, -0.05) is 18.2 Å². The Morgan fingerprint density at radius 1 is 0.871 bits per heavy atom. The Hall–Kier alpha value is -1.71. The first-order valence-electron chi connectivity index (χ1n) is 9.72. The summed E-state index contributed by atoms with van der Waals surface area (Å²) < 4.78 is 15.9. The van der Waals surface area contributed by atoms with Gasteiger partial charge in [0.15, 0.2) is 12.6 Å². The SMILES string of the molecule is O=C(N[C@H]1[C@@H](O)[C@@H](CO)O[C@H](O[C@@H]2[C@H](O)[C@@H](O)[C@H](O)O[C@@H]2CO)[C@@H]1O)c1ccccc1. The number of nitrogens with one attached hydrogen (secondary N) is 1. The van der Waals surface area contributed by atoms with E-state index in [1.54, 1.807) is 18.2 Å². The number of benzene rings is 1. The van der Waals surface area contributed by atoms with E-state index in [2.05, 4.69) is 5.32 Å². The Bertz CT molecular complexity index is 720. The fourth-order valence-electron chi connectivity index (χ4n) is 3.58. The number of hydrogen-bond donors (Lipinski definition) is 8. The molecule has 3 rings (SSSR count). The fourth-order valence-corrected chi connectivity index (χ4v) is 3.58. The first kappa shape index (κ1) is 23.9. The molecule has 2 aliphatic heterocycles. The molecule has 0 unspecified atom stereocenters. The number of amides is 1. The summed E-state index contributed by atoms with van der Waals surface area (Å²) in [5.74, 6) is -0.603. The summed E-state index contributed by atoms with van der Waals surface area (Å²) in [5.41, 5.74) is 0.264. The van der Waals surface area contributed by atoms with Gasteiger partial charge in [-0.25, -0.2) is 0 Å². The number of rotatable bonds is 6. The van der Waals surface area contributed by atoms with Crippen LogP contribution in [-0.2, 0) is 14.2 Å². The third-order valence-electron chi connectivity index (χ3n) is 5.35. The standard InChI is InChI=1S/C19H27NO11/c21-6-9-12(23)11(20-17(27)8-4-2-1-3-5-8)13(24)19(30-9)31-16-10(7-22)29-18(28)15(26)14(16)25/h1-5,9-16,18-19,21-26,28H,6-7H2,(H,20,27)/t9-,10-,11+,12+,13-,14-,15-,16+,18-,19-/m1/s1. The van der Waals surface area contributed by atoms with Crippen molar-refractivity contribution in [3.63, 3.8) is 0 Å². The zero-order valence-corrected chi connectivity index (χ0v) is 16.3. The average molecular weight is 445 g/mol. The van der Waals surface area contributed by atoms with Gasteiger partial charge >= 0.3 is 0 Å². The summed E-state index contributed by atoms with van der Waals surface area (Å²) in [6, 6.07) is 6.70. The van der Waals surface area contributed by atoms with Crippen LogP contribution in [0.25, 0.3) is 0 Å². The van der Waals surface area contributed by atoms with E-state index in [0.717, 1.165) is 0 Å². The van der Waals surface area contributed by atoms with E-state index in [9.17, 15) is 40.5 Å². The molecular formula is C19H27NO11. The minimum atomic E-state index is -1.77. The van der Waals surface area contributed by atoms with Gasteiger partial charge in [0.2, 0.25) is 0 Å². The van der Waals surface area contributed by atoms with Gasteiger partial charge in [-0.3, -0.25) is 4.79 Å². The third kappa shape index (κ3) is 5.04. The maximum atomic E-state index is 12.5. The van der Waals surface area contributed by atoms with Crippen molar-refractivity contribution in [2.45, 2.75) is 61.3 Å². The molecule has 2 aliphatic rings. The molecular weight excluding hydrogens is 418 g/mol. The molecule has 2 fully saturated rings. The Morgan fingerprint density at radius 2 is 1.52 bits per heavy atom. The molecule has 0 saturated carbocycles. The molecule has 2 saturated heterocycles. The lowest BCUT2D eigenvalue weighted by Gasteiger charge is -2.46. The topological polar surface area (TPSA) is 198 Å². The Balaban J connectivity index is 1.78. The lowest BCUT2D eigenvalue weighted by Crippen LogP contribution is -2.67. The van der Waals surface area contributed by atoms with E-state index in [-0.39, 0.29) is 5.56 Å². The van der Waals surface area contributed by atoms with Crippen LogP contribution in [0.1, 0.15) is 10.4 Å². The van der Waals surface area contributed by atoms with Gasteiger partial charge in [-0.15, -0.1) is 0 Å². The first-order valence-corrected chi connectivity index (χ1v) is 9.72. The largest absolute Gasteiger partial charge is 0.394 e. The summed E-state index contributed by atoms with van der Waals surface area (Å²) in [7, 11) is 0. The summed E-state index contributed by atoms with van der Waals surface area (Å²) in [6.45, 7) is -1.38. The van der Waals surface area contributed by atoms with Crippen LogP contribution in [0.3, 0.4) is 0 Å². The Labute approximate surface area is 177 Å². The molecule has 12 nitrogen and oxygen atoms in total. The lowest BCUT2D eigenvalue weighted by molar-refractivity contribution is -0.346. The number of ether oxygens (including phenoxy) is 3. The highest BCUT2D eigenvalue weighted by Crippen LogP contribution is 2.28. The van der Waals surface area contributed by atoms with Gasteiger partial charge in [0.1, 0.15) is 42.7 Å². The second-order valence-electron chi connectivity index (χ2n) is 7.40. The summed E-state index contributed by atoms with van der Waals surface area (Å²) in [4.78, 5) is 12.5. The van der Waals surface area contributed by atoms with Crippen LogP contribution < -0.4 is 5.32 Å². The molecule has 8 N–H and O–H groups in total. The highest BCUT2D eigenvalue weighted by atomic mass is 16.7. The van der Waals surface area contributed by atoms with E-state index in [4.69, 9.17) is 14.2 Å². The monoisotopic (exact) mass is 445 g/mol. The molecule has 0 aromatic heterocycles. The molecule has 0 aliphatic carbocycles. The molecule has 2 heterocycles. The second-order valence-corrected chi connectivity index (χ2v) is 7.40. The predicted molar refractivity (Wildman–Crippen MR) is 100 cm³/mol. The molecule has 0 radical (unpaired) electrons. The summed E-state index contributed by atoms with van der Waals surface area (Å²) in [6.07, 6.45) is -14.0. The van der Waals surface area contributed by atoms with Crippen molar-refractivity contribution in [1.29, 1.82) is 0 Å². The number of carbonyl (C=O) groups is 1. The van der Waals surface area contributed by atoms with Crippen LogP contribution in [0, 0.1) is 0 Å². The molecule has 1 aromatic carbocycles. The normalized spacial score (nSPS) is 41.0. The van der Waals surface area contributed by atoms with Crippen LogP contribution in [-0.4, -0.2) is 116 Å². The summed E-state index contributed by atoms with van der Waals surface area (Å²) in [5, 5.41) is 72.3. The van der Waals surface area contributed by atoms with Gasteiger partial charge in [0.05, 0.1) is 19.3 Å². The smallest absolute Gasteiger partial charge is 0.251 e. The van der Waals surface area contributed by atoms with Crippen molar-refractivity contribution >= 4 is 5.91 Å². The fraction of sp³-hybridized carbons (Fsp3) is 0.632. The van der Waals surface area contributed by atoms with Gasteiger partial charge in [-0.2, -0.15) is 0 Å². The van der Waals surface area contributed by atoms with Crippen molar-refractivity contribution in [3.8, 4) is 0 Å². The third-order valence-corrected chi connectivity index (χ3v) is 5.35. The van der Waals surface area contributed by atoms with Crippen LogP contribution in [0.4, 0.5) is 0 Å². The Morgan fingerprint density at radius 3 is 2.13 bits per heavy atom. The molecule has 0 bridgehead atoms. The summed E-state index contributed by atoms with van der Waals surface area (Å²) >= 11 is 0. The Kier molecular flexibility index (Phi) is 7.93. The minimum Gasteiger partial charge on any atom is -0.394 e. The molecule has 31 heavy (non-hydrogen) atoms. The van der Waals surface area contributed by atoms with Crippen molar-refractivity contribution in [1.82, 2.24) is 5.32 Å². The van der Waals surface area contributed by atoms with E-state index in [0.29, 0.717) is 0 Å². The number of hydrogen-bond acceptors (Lipinski definition) is 11. The van der Waals surface area contributed by atoms with E-state index < -0.39 is 80.5 Å². The van der Waals surface area contributed by atoms with Crippen molar-refractivity contribution < 1.29 is 54.8 Å². The van der Waals surface area contributed by atoms with E-state index in [1.165, 1.54) is 12.1 Å². The maximum Gasteiger partial charge on any atom is 0.251 e. The molecule has 0 spiro atoms. The van der Waals surface area contributed by atoms with Crippen LogP contribution in [0.5, 0.6) is 0 Å². The van der Waals surface area contributed by atoms with E-state index >= 15 is 0 Å². The van der Waals surface area contributed by atoms with Crippen LogP contribution >= 0.6 is 0 Å². The lowest BCUT2D eigenvalue weighted by atomic mass is 9.95. The van der Waals surface area contributed by atoms with E-state index in [1.807, 2.05) is 0 Å². The van der Waals surface area contributed by atoms with Crippen molar-refractivity contribution in [2.24, 2.45) is 0 Å². The van der Waals surface area contributed by atoms with Crippen molar-refractivity contribution in [3.05, 3.63) is 35.9 Å². The number of carbonyl (C=O) groups excluding carboxylic acids is 1. The van der Waals surface area contributed by atoms with Gasteiger partial charge in [0.25, 0.3) is 5.91 Å².